The monoisotopic (exact) mass is 615 g/mol. The van der Waals surface area contributed by atoms with Crippen LogP contribution in [0.4, 0.5) is 4.39 Å². The fourth-order valence-electron chi connectivity index (χ4n) is 5.13. The Kier molecular flexibility index (Phi) is 8.49. The van der Waals surface area contributed by atoms with E-state index in [-0.39, 0.29) is 24.3 Å². The van der Waals surface area contributed by atoms with Gasteiger partial charge in [-0.3, -0.25) is 9.36 Å². The molecule has 0 bridgehead atoms. The van der Waals surface area contributed by atoms with Crippen molar-refractivity contribution in [3.05, 3.63) is 162 Å². The van der Waals surface area contributed by atoms with E-state index in [0.29, 0.717) is 37.5 Å². The third kappa shape index (κ3) is 6.09. The molecule has 6 rings (SSSR count). The van der Waals surface area contributed by atoms with Gasteiger partial charge in [0.25, 0.3) is 5.56 Å². The van der Waals surface area contributed by atoms with Gasteiger partial charge >= 0.3 is 5.97 Å². The van der Waals surface area contributed by atoms with E-state index < -0.39 is 17.8 Å². The van der Waals surface area contributed by atoms with Crippen LogP contribution in [-0.4, -0.2) is 17.1 Å². The summed E-state index contributed by atoms with van der Waals surface area (Å²) in [5.41, 5.74) is 3.62. The van der Waals surface area contributed by atoms with E-state index >= 15 is 0 Å². The number of aromatic nitrogens is 1. The third-order valence-electron chi connectivity index (χ3n) is 7.27. The summed E-state index contributed by atoms with van der Waals surface area (Å²) in [6, 6.07) is 30.8. The number of fused-ring (bicyclic) bond motifs is 1. The number of ether oxygens (including phenoxy) is 2. The van der Waals surface area contributed by atoms with Crippen LogP contribution in [-0.2, 0) is 16.1 Å². The number of nitriles is 1. The van der Waals surface area contributed by atoms with Crippen LogP contribution in [0.15, 0.2) is 118 Å². The Hall–Kier alpha value is -5.59. The number of rotatable bonds is 8. The first kappa shape index (κ1) is 29.5. The molecular weight excluding hydrogens is 589 g/mol. The maximum Gasteiger partial charge on any atom is 0.338 e. The molecule has 0 amide bonds. The smallest absolute Gasteiger partial charge is 0.338 e. The Morgan fingerprint density at radius 1 is 1.00 bits per heavy atom. The van der Waals surface area contributed by atoms with E-state index in [0.717, 1.165) is 11.1 Å². The van der Waals surface area contributed by atoms with E-state index in [1.165, 1.54) is 28.0 Å². The van der Waals surface area contributed by atoms with E-state index in [4.69, 9.17) is 14.5 Å². The highest BCUT2D eigenvalue weighted by Gasteiger charge is 2.35. The number of esters is 1. The normalized spacial score (nSPS) is 14.3. The van der Waals surface area contributed by atoms with Crippen molar-refractivity contribution in [2.24, 2.45) is 4.99 Å². The second-order valence-corrected chi connectivity index (χ2v) is 11.1. The van der Waals surface area contributed by atoms with Crippen LogP contribution in [0, 0.1) is 17.1 Å². The van der Waals surface area contributed by atoms with Gasteiger partial charge in [-0.25, -0.2) is 14.2 Å². The van der Waals surface area contributed by atoms with Gasteiger partial charge in [-0.15, -0.1) is 0 Å². The highest BCUT2D eigenvalue weighted by atomic mass is 32.1. The number of nitrogens with zero attached hydrogens (tertiary/aromatic N) is 3. The van der Waals surface area contributed by atoms with Gasteiger partial charge in [-0.1, -0.05) is 84.1 Å². The minimum absolute atomic E-state index is 0.134. The molecule has 0 saturated carbocycles. The zero-order chi connectivity index (χ0) is 31.3. The first-order valence-corrected chi connectivity index (χ1v) is 15.0. The average molecular weight is 616 g/mol. The van der Waals surface area contributed by atoms with E-state index in [1.807, 2.05) is 60.7 Å². The molecule has 4 aromatic carbocycles. The van der Waals surface area contributed by atoms with Gasteiger partial charge < -0.3 is 9.47 Å². The standard InChI is InChI=1S/C36H26FN3O4S/c1-2-43-35(42)31-32(24-8-4-3-5-9-24)39-36-40(33(31)25-14-16-28(37)17-15-25)34(41)30(45-36)20-23-12-18-29(19-13-23)44-22-27-11-7-6-10-26(27)21-38/h3-20,33H,2,22H2,1H3/b30-20-/t33-/m0/s1. The molecule has 222 valence electrons. The molecule has 0 fully saturated rings. The van der Waals surface area contributed by atoms with Crippen LogP contribution in [0.1, 0.15) is 40.8 Å². The van der Waals surface area contributed by atoms with Crippen LogP contribution in [0.3, 0.4) is 0 Å². The SMILES string of the molecule is CCOC(=O)C1=C(c2ccccc2)N=c2s/c(=C\c3ccc(OCc4ccccc4C#N)cc3)c(=O)n2[C@H]1c1ccc(F)cc1. The Balaban J connectivity index is 1.42. The lowest BCUT2D eigenvalue weighted by atomic mass is 9.93. The van der Waals surface area contributed by atoms with Gasteiger partial charge in [0.2, 0.25) is 0 Å². The van der Waals surface area contributed by atoms with E-state index in [9.17, 15) is 19.2 Å². The number of benzene rings is 4. The molecule has 7 nitrogen and oxygen atoms in total. The average Bonchev–Trinajstić information content (AvgIpc) is 3.38. The zero-order valence-electron chi connectivity index (χ0n) is 24.1. The van der Waals surface area contributed by atoms with Gasteiger partial charge in [-0.2, -0.15) is 5.26 Å². The molecule has 0 N–H and O–H groups in total. The number of halogens is 1. The Labute approximate surface area is 262 Å². The molecule has 0 unspecified atom stereocenters. The van der Waals surface area contributed by atoms with Crippen LogP contribution < -0.4 is 19.6 Å². The maximum atomic E-state index is 14.0. The van der Waals surface area contributed by atoms with Gasteiger partial charge in [0.15, 0.2) is 4.80 Å². The summed E-state index contributed by atoms with van der Waals surface area (Å²) < 4.78 is 27.2. The van der Waals surface area contributed by atoms with Crippen LogP contribution in [0.5, 0.6) is 5.75 Å². The Bertz CT molecular complexity index is 2130. The van der Waals surface area contributed by atoms with Crippen molar-refractivity contribution >= 4 is 29.1 Å². The van der Waals surface area contributed by atoms with Crippen molar-refractivity contribution in [1.29, 1.82) is 5.26 Å². The minimum Gasteiger partial charge on any atom is -0.489 e. The molecule has 1 atom stereocenters. The van der Waals surface area contributed by atoms with Gasteiger partial charge in [0.1, 0.15) is 18.2 Å². The van der Waals surface area contributed by atoms with Crippen molar-refractivity contribution < 1.29 is 18.7 Å². The second kappa shape index (κ2) is 13.0. The summed E-state index contributed by atoms with van der Waals surface area (Å²) in [4.78, 5) is 32.7. The Morgan fingerprint density at radius 3 is 2.42 bits per heavy atom. The zero-order valence-corrected chi connectivity index (χ0v) is 25.0. The number of carbonyl (C=O) groups is 1. The third-order valence-corrected chi connectivity index (χ3v) is 8.25. The lowest BCUT2D eigenvalue weighted by Crippen LogP contribution is -2.40. The van der Waals surface area contributed by atoms with Crippen molar-refractivity contribution in [2.75, 3.05) is 6.61 Å². The summed E-state index contributed by atoms with van der Waals surface area (Å²) in [7, 11) is 0. The van der Waals surface area contributed by atoms with E-state index in [2.05, 4.69) is 6.07 Å². The molecule has 1 aromatic heterocycles. The van der Waals surface area contributed by atoms with Crippen molar-refractivity contribution in [3.8, 4) is 11.8 Å². The van der Waals surface area contributed by atoms with Crippen molar-refractivity contribution in [2.45, 2.75) is 19.6 Å². The molecule has 45 heavy (non-hydrogen) atoms. The summed E-state index contributed by atoms with van der Waals surface area (Å²) in [5, 5.41) is 9.32. The Morgan fingerprint density at radius 2 is 1.71 bits per heavy atom. The number of carbonyl (C=O) groups excluding carboxylic acids is 1. The fourth-order valence-corrected chi connectivity index (χ4v) is 6.13. The maximum absolute atomic E-state index is 14.0. The molecule has 9 heteroatoms. The molecule has 2 heterocycles. The number of hydrogen-bond acceptors (Lipinski definition) is 7. The van der Waals surface area contributed by atoms with Gasteiger partial charge in [-0.05, 0) is 54.5 Å². The van der Waals surface area contributed by atoms with Crippen molar-refractivity contribution in [1.82, 2.24) is 4.57 Å². The van der Waals surface area contributed by atoms with Crippen LogP contribution in [0.25, 0.3) is 11.8 Å². The molecule has 1 aliphatic heterocycles. The molecule has 0 radical (unpaired) electrons. The molecule has 5 aromatic rings. The first-order chi connectivity index (χ1) is 22.0. The summed E-state index contributed by atoms with van der Waals surface area (Å²) in [6.07, 6.45) is 1.76. The second-order valence-electron chi connectivity index (χ2n) is 10.1. The van der Waals surface area contributed by atoms with E-state index in [1.54, 1.807) is 43.3 Å². The predicted molar refractivity (Wildman–Crippen MR) is 169 cm³/mol. The fraction of sp³-hybridized carbons (Fsp3) is 0.111. The minimum atomic E-state index is -0.884. The van der Waals surface area contributed by atoms with Crippen LogP contribution >= 0.6 is 11.3 Å². The highest BCUT2D eigenvalue weighted by molar-refractivity contribution is 7.07. The molecule has 1 aliphatic rings. The first-order valence-electron chi connectivity index (χ1n) is 14.2. The van der Waals surface area contributed by atoms with Gasteiger partial charge in [0.05, 0.1) is 40.1 Å². The number of hydrogen-bond donors (Lipinski definition) is 0. The topological polar surface area (TPSA) is 93.7 Å². The molecule has 0 saturated heterocycles. The lowest BCUT2D eigenvalue weighted by molar-refractivity contribution is -0.138. The van der Waals surface area contributed by atoms with Crippen LogP contribution in [0.2, 0.25) is 0 Å². The highest BCUT2D eigenvalue weighted by Crippen LogP contribution is 2.35. The lowest BCUT2D eigenvalue weighted by Gasteiger charge is -2.25. The molecular formula is C36H26FN3O4S. The molecule has 0 aliphatic carbocycles. The predicted octanol–water partition coefficient (Wildman–Crippen LogP) is 5.53. The number of thiazole rings is 1. The molecule has 0 spiro atoms. The summed E-state index contributed by atoms with van der Waals surface area (Å²) >= 11 is 1.21. The summed E-state index contributed by atoms with van der Waals surface area (Å²) in [5.74, 6) is -0.418. The van der Waals surface area contributed by atoms with Crippen molar-refractivity contribution in [3.63, 3.8) is 0 Å². The van der Waals surface area contributed by atoms with Gasteiger partial charge in [0, 0.05) is 11.1 Å². The largest absolute Gasteiger partial charge is 0.489 e. The quantitative estimate of drug-likeness (QED) is 0.214. The summed E-state index contributed by atoms with van der Waals surface area (Å²) in [6.45, 7) is 2.09.